The monoisotopic (exact) mass is 507 g/mol. The summed E-state index contributed by atoms with van der Waals surface area (Å²) >= 11 is 0. The van der Waals surface area contributed by atoms with Gasteiger partial charge in [-0.25, -0.2) is 8.42 Å². The maximum atomic E-state index is 13.3. The molecule has 1 aliphatic rings. The zero-order valence-corrected chi connectivity index (χ0v) is 21.4. The molecule has 3 aromatic rings. The number of sulfone groups is 1. The first-order valence-corrected chi connectivity index (χ1v) is 12.3. The summed E-state index contributed by atoms with van der Waals surface area (Å²) < 4.78 is 57.9. The van der Waals surface area contributed by atoms with Crippen LogP contribution in [0.5, 0.6) is 0 Å². The molecule has 0 atom stereocenters. The Morgan fingerprint density at radius 1 is 0.882 bits per heavy atom. The van der Waals surface area contributed by atoms with Crippen molar-refractivity contribution < 1.29 is 31.0 Å². The van der Waals surface area contributed by atoms with Gasteiger partial charge in [-0.1, -0.05) is 36.9 Å². The largest absolute Gasteiger partial charge is 0.397 e. The van der Waals surface area contributed by atoms with Gasteiger partial charge in [0.15, 0.2) is 21.4 Å². The van der Waals surface area contributed by atoms with Crippen molar-refractivity contribution in [3.8, 4) is 0 Å². The van der Waals surface area contributed by atoms with Crippen molar-refractivity contribution in [1.29, 1.82) is 0 Å². The normalized spacial score (nSPS) is 12.9. The van der Waals surface area contributed by atoms with Gasteiger partial charge in [0.05, 0.1) is 27.4 Å². The minimum atomic E-state index is -4.87. The van der Waals surface area contributed by atoms with Gasteiger partial charge in [-0.15, -0.1) is 0 Å². The molecule has 4 rings (SSSR count). The average Bonchev–Trinajstić information content (AvgIpc) is 2.77. The van der Waals surface area contributed by atoms with E-state index in [1.54, 1.807) is 12.1 Å². The van der Waals surface area contributed by atoms with E-state index in [0.29, 0.717) is 0 Å². The molecule has 0 saturated carbocycles. The van der Waals surface area contributed by atoms with Crippen LogP contribution in [0.4, 0.5) is 17.1 Å². The second-order valence-electron chi connectivity index (χ2n) is 7.13. The fourth-order valence-corrected chi connectivity index (χ4v) is 5.01. The average molecular weight is 508 g/mol. The molecule has 12 heteroatoms. The number of nitrogens with two attached hydrogens (primary N) is 1. The van der Waals surface area contributed by atoms with Crippen LogP contribution in [0.3, 0.4) is 0 Å². The number of anilines is 3. The van der Waals surface area contributed by atoms with Gasteiger partial charge in [0.25, 0.3) is 10.1 Å². The molecule has 0 unspecified atom stereocenters. The number of nitrogens with one attached hydrogen (secondary N) is 1. The SMILES string of the molecule is C=CS(=O)(=O)c1cccc(Nc2cc(S(=O)(=O)O)c(N)c3c2C(=O)c2ccccc2C3=O)c1.[Na]. The van der Waals surface area contributed by atoms with Crippen LogP contribution in [0.15, 0.2) is 76.4 Å². The summed E-state index contributed by atoms with van der Waals surface area (Å²) in [5.74, 6) is -1.28. The first kappa shape index (κ1) is 25.8. The van der Waals surface area contributed by atoms with Crippen molar-refractivity contribution in [3.05, 3.63) is 88.8 Å². The van der Waals surface area contributed by atoms with E-state index in [-0.39, 0.29) is 68.1 Å². The van der Waals surface area contributed by atoms with Crippen LogP contribution in [0.1, 0.15) is 31.8 Å². The van der Waals surface area contributed by atoms with Crippen molar-refractivity contribution in [1.82, 2.24) is 0 Å². The number of nitrogen functional groups attached to an aromatic ring is 1. The predicted octanol–water partition coefficient (Wildman–Crippen LogP) is 2.57. The Morgan fingerprint density at radius 2 is 1.47 bits per heavy atom. The Hall–Kier alpha value is -2.80. The maximum Gasteiger partial charge on any atom is 0.296 e. The minimum absolute atomic E-state index is 0. The van der Waals surface area contributed by atoms with E-state index in [1.165, 1.54) is 36.4 Å². The second kappa shape index (κ2) is 9.10. The molecule has 0 fully saturated rings. The third-order valence-corrected chi connectivity index (χ3v) is 7.38. The number of rotatable bonds is 5. The Balaban J connectivity index is 0.00000324. The van der Waals surface area contributed by atoms with Crippen LogP contribution in [-0.4, -0.2) is 62.5 Å². The molecule has 1 radical (unpaired) electrons. The van der Waals surface area contributed by atoms with E-state index >= 15 is 0 Å². The van der Waals surface area contributed by atoms with Crippen molar-refractivity contribution >= 4 is 78.1 Å². The molecule has 0 bridgehead atoms. The van der Waals surface area contributed by atoms with Gasteiger partial charge in [0, 0.05) is 51.8 Å². The Morgan fingerprint density at radius 3 is 2.03 bits per heavy atom. The quantitative estimate of drug-likeness (QED) is 0.209. The van der Waals surface area contributed by atoms with Gasteiger partial charge in [-0.05, 0) is 24.3 Å². The van der Waals surface area contributed by atoms with E-state index in [0.717, 1.165) is 11.5 Å². The number of carbonyl (C=O) groups is 2. The van der Waals surface area contributed by atoms with Gasteiger partial charge in [0.2, 0.25) is 0 Å². The molecule has 1 aliphatic carbocycles. The van der Waals surface area contributed by atoms with Crippen molar-refractivity contribution in [2.45, 2.75) is 9.79 Å². The summed E-state index contributed by atoms with van der Waals surface area (Å²) in [6.07, 6.45) is 0. The van der Waals surface area contributed by atoms with E-state index in [1.807, 2.05) is 0 Å². The number of hydrogen-bond acceptors (Lipinski definition) is 8. The zero-order valence-electron chi connectivity index (χ0n) is 17.8. The number of hydrogen-bond donors (Lipinski definition) is 3. The fraction of sp³-hybridized carbons (Fsp3) is 0. The smallest absolute Gasteiger partial charge is 0.296 e. The molecule has 3 aromatic carbocycles. The van der Waals surface area contributed by atoms with Crippen LogP contribution in [-0.2, 0) is 20.0 Å². The molecule has 0 amide bonds. The van der Waals surface area contributed by atoms with Gasteiger partial charge >= 0.3 is 0 Å². The topological polar surface area (TPSA) is 161 Å². The molecular weight excluding hydrogens is 491 g/mol. The van der Waals surface area contributed by atoms with Crippen molar-refractivity contribution in [3.63, 3.8) is 0 Å². The van der Waals surface area contributed by atoms with Gasteiger partial charge in [-0.2, -0.15) is 8.42 Å². The van der Waals surface area contributed by atoms with Crippen molar-refractivity contribution in [2.24, 2.45) is 0 Å². The number of benzene rings is 3. The molecule has 0 heterocycles. The fourth-order valence-electron chi connectivity index (χ4n) is 3.61. The van der Waals surface area contributed by atoms with Crippen LogP contribution < -0.4 is 11.1 Å². The zero-order chi connectivity index (χ0) is 24.1. The Kier molecular flexibility index (Phi) is 6.91. The maximum absolute atomic E-state index is 13.3. The molecule has 0 spiro atoms. The standard InChI is InChI=1S/C22H16N2O7S2.Na/c1-2-32(27,28)13-7-5-6-12(10-13)24-16-11-17(33(29,30)31)20(23)19-18(16)21(25)14-8-3-4-9-15(14)22(19)26;/h2-11,24H,1,23H2,(H,29,30,31);. The molecule has 0 aliphatic heterocycles. The van der Waals surface area contributed by atoms with E-state index in [2.05, 4.69) is 11.9 Å². The van der Waals surface area contributed by atoms with E-state index < -0.39 is 42.1 Å². The summed E-state index contributed by atoms with van der Waals surface area (Å²) in [6, 6.07) is 12.4. The third-order valence-electron chi connectivity index (χ3n) is 5.14. The molecule has 0 aromatic heterocycles. The van der Waals surface area contributed by atoms with Crippen LogP contribution in [0, 0.1) is 0 Å². The van der Waals surface area contributed by atoms with Crippen LogP contribution in [0.2, 0.25) is 0 Å². The minimum Gasteiger partial charge on any atom is -0.397 e. The van der Waals surface area contributed by atoms with Gasteiger partial charge in [0.1, 0.15) is 4.90 Å². The summed E-state index contributed by atoms with van der Waals surface area (Å²) in [7, 11) is -8.65. The van der Waals surface area contributed by atoms with Crippen molar-refractivity contribution in [2.75, 3.05) is 11.1 Å². The summed E-state index contributed by atoms with van der Waals surface area (Å²) in [5, 5.41) is 3.56. The van der Waals surface area contributed by atoms with Gasteiger partial charge in [-0.3, -0.25) is 14.1 Å². The van der Waals surface area contributed by atoms with E-state index in [4.69, 9.17) is 5.73 Å². The summed E-state index contributed by atoms with van der Waals surface area (Å²) in [4.78, 5) is 25.6. The predicted molar refractivity (Wildman–Crippen MR) is 127 cm³/mol. The first-order valence-electron chi connectivity index (χ1n) is 9.32. The molecule has 9 nitrogen and oxygen atoms in total. The number of carbonyl (C=O) groups excluding carboxylic acids is 2. The molecule has 34 heavy (non-hydrogen) atoms. The van der Waals surface area contributed by atoms with Crippen LogP contribution in [0.25, 0.3) is 0 Å². The second-order valence-corrected chi connectivity index (χ2v) is 10.4. The number of ketones is 2. The molecule has 169 valence electrons. The Labute approximate surface area is 217 Å². The molecule has 0 saturated heterocycles. The number of fused-ring (bicyclic) bond motifs is 2. The Bertz CT molecular complexity index is 1600. The summed E-state index contributed by atoms with van der Waals surface area (Å²) in [5.41, 5.74) is 4.97. The van der Waals surface area contributed by atoms with Gasteiger partial charge < -0.3 is 11.1 Å². The first-order chi connectivity index (χ1) is 15.5. The van der Waals surface area contributed by atoms with E-state index in [9.17, 15) is 31.0 Å². The van der Waals surface area contributed by atoms with Crippen LogP contribution >= 0.6 is 0 Å². The molecular formula is C22H16N2NaO7S2. The third kappa shape index (κ3) is 4.33. The molecule has 4 N–H and O–H groups in total. The summed E-state index contributed by atoms with van der Waals surface area (Å²) in [6.45, 7) is 3.27.